The first kappa shape index (κ1) is 18.2. The molecule has 1 aliphatic heterocycles. The van der Waals surface area contributed by atoms with Gasteiger partial charge in [0.15, 0.2) is 5.43 Å². The number of fused-ring (bicyclic) bond motifs is 2. The van der Waals surface area contributed by atoms with Crippen LogP contribution in [0, 0.1) is 0 Å². The zero-order valence-corrected chi connectivity index (χ0v) is 16.2. The van der Waals surface area contributed by atoms with E-state index in [9.17, 15) is 4.79 Å². The molecular formula is C24H30N2O. The van der Waals surface area contributed by atoms with Crippen LogP contribution in [-0.4, -0.2) is 29.1 Å². The molecule has 0 aliphatic carbocycles. The Labute approximate surface area is 161 Å². The summed E-state index contributed by atoms with van der Waals surface area (Å²) in [6.07, 6.45) is 9.20. The van der Waals surface area contributed by atoms with Gasteiger partial charge in [-0.1, -0.05) is 43.5 Å². The fourth-order valence-electron chi connectivity index (χ4n) is 4.46. The second-order valence-corrected chi connectivity index (χ2v) is 7.83. The summed E-state index contributed by atoms with van der Waals surface area (Å²) in [4.78, 5) is 15.4. The number of nitrogens with zero attached hydrogens (tertiary/aromatic N) is 2. The minimum Gasteiger partial charge on any atom is -0.340 e. The van der Waals surface area contributed by atoms with E-state index < -0.39 is 0 Å². The minimum atomic E-state index is 0.152. The highest BCUT2D eigenvalue weighted by Crippen LogP contribution is 2.20. The van der Waals surface area contributed by atoms with E-state index in [0.29, 0.717) is 0 Å². The lowest BCUT2D eigenvalue weighted by Gasteiger charge is -2.26. The van der Waals surface area contributed by atoms with Crippen LogP contribution in [0.2, 0.25) is 0 Å². The standard InChI is InChI=1S/C24H30N2O/c27-24-20-12-4-6-14-22(20)26(23-15-7-5-13-21(23)24)19-11-2-1-8-16-25-17-9-3-10-18-25/h4-7,12-15H,1-3,8-11,16-19H2. The highest BCUT2D eigenvalue weighted by Gasteiger charge is 2.10. The van der Waals surface area contributed by atoms with Gasteiger partial charge in [0.25, 0.3) is 0 Å². The van der Waals surface area contributed by atoms with Gasteiger partial charge in [-0.25, -0.2) is 0 Å². The average Bonchev–Trinajstić information content (AvgIpc) is 2.73. The first-order valence-electron chi connectivity index (χ1n) is 10.6. The van der Waals surface area contributed by atoms with Gasteiger partial charge in [-0.15, -0.1) is 0 Å². The zero-order valence-electron chi connectivity index (χ0n) is 16.2. The monoisotopic (exact) mass is 362 g/mol. The quantitative estimate of drug-likeness (QED) is 0.426. The van der Waals surface area contributed by atoms with Crippen molar-refractivity contribution in [2.45, 2.75) is 51.5 Å². The fourth-order valence-corrected chi connectivity index (χ4v) is 4.46. The van der Waals surface area contributed by atoms with Crippen molar-refractivity contribution >= 4 is 21.8 Å². The summed E-state index contributed by atoms with van der Waals surface area (Å²) < 4.78 is 2.34. The van der Waals surface area contributed by atoms with Gasteiger partial charge in [-0.2, -0.15) is 0 Å². The largest absolute Gasteiger partial charge is 0.340 e. The number of piperidine rings is 1. The Morgan fingerprint density at radius 1 is 0.667 bits per heavy atom. The Balaban J connectivity index is 1.42. The smallest absolute Gasteiger partial charge is 0.197 e. The van der Waals surface area contributed by atoms with Gasteiger partial charge in [0.2, 0.25) is 0 Å². The minimum absolute atomic E-state index is 0.152. The molecule has 0 atom stereocenters. The first-order valence-corrected chi connectivity index (χ1v) is 10.6. The van der Waals surface area contributed by atoms with E-state index in [0.717, 1.165) is 34.8 Å². The lowest BCUT2D eigenvalue weighted by atomic mass is 10.1. The molecule has 0 spiro atoms. The number of hydrogen-bond acceptors (Lipinski definition) is 2. The number of unbranched alkanes of at least 4 members (excludes halogenated alkanes) is 3. The van der Waals surface area contributed by atoms with Crippen molar-refractivity contribution in [3.05, 3.63) is 58.8 Å². The lowest BCUT2D eigenvalue weighted by Crippen LogP contribution is -2.30. The molecule has 1 aromatic heterocycles. The van der Waals surface area contributed by atoms with Crippen LogP contribution < -0.4 is 5.43 Å². The molecule has 0 radical (unpaired) electrons. The van der Waals surface area contributed by atoms with E-state index in [1.807, 2.05) is 36.4 Å². The maximum Gasteiger partial charge on any atom is 0.197 e. The Morgan fingerprint density at radius 2 is 1.22 bits per heavy atom. The van der Waals surface area contributed by atoms with Gasteiger partial charge < -0.3 is 9.47 Å². The molecule has 2 aromatic carbocycles. The molecule has 0 unspecified atom stereocenters. The summed E-state index contributed by atoms with van der Waals surface area (Å²) in [5, 5.41) is 1.67. The van der Waals surface area contributed by atoms with Crippen LogP contribution in [0.25, 0.3) is 21.8 Å². The highest BCUT2D eigenvalue weighted by molar-refractivity contribution is 5.93. The normalized spacial score (nSPS) is 15.6. The number of aryl methyl sites for hydroxylation is 1. The Kier molecular flexibility index (Phi) is 5.88. The summed E-state index contributed by atoms with van der Waals surface area (Å²) in [6.45, 7) is 4.85. The SMILES string of the molecule is O=c1c2ccccc2n(CCCCCCN2CCCCC2)c2ccccc12. The molecule has 3 aromatic rings. The van der Waals surface area contributed by atoms with E-state index in [4.69, 9.17) is 0 Å². The molecule has 142 valence electrons. The number of likely N-dealkylation sites (tertiary alicyclic amines) is 1. The predicted molar refractivity (Wildman–Crippen MR) is 114 cm³/mol. The predicted octanol–water partition coefficient (Wildman–Crippen LogP) is 5.20. The maximum absolute atomic E-state index is 12.8. The van der Waals surface area contributed by atoms with Crippen LogP contribution in [0.4, 0.5) is 0 Å². The van der Waals surface area contributed by atoms with Crippen molar-refractivity contribution in [1.82, 2.24) is 9.47 Å². The van der Waals surface area contributed by atoms with Gasteiger partial charge in [0.05, 0.1) is 11.0 Å². The van der Waals surface area contributed by atoms with Gasteiger partial charge in [0, 0.05) is 17.3 Å². The average molecular weight is 363 g/mol. The van der Waals surface area contributed by atoms with Crippen LogP contribution in [0.15, 0.2) is 53.3 Å². The van der Waals surface area contributed by atoms with Crippen molar-refractivity contribution in [3.63, 3.8) is 0 Å². The molecule has 2 heterocycles. The number of rotatable bonds is 7. The van der Waals surface area contributed by atoms with E-state index in [1.54, 1.807) is 0 Å². The van der Waals surface area contributed by atoms with Crippen molar-refractivity contribution in [2.75, 3.05) is 19.6 Å². The number of aromatic nitrogens is 1. The molecule has 3 heteroatoms. The van der Waals surface area contributed by atoms with Gasteiger partial charge in [-0.05, 0) is 69.6 Å². The van der Waals surface area contributed by atoms with Crippen LogP contribution in [0.3, 0.4) is 0 Å². The molecule has 1 saturated heterocycles. The summed E-state index contributed by atoms with van der Waals surface area (Å²) >= 11 is 0. The molecule has 1 aliphatic rings. The number of para-hydroxylation sites is 2. The Morgan fingerprint density at radius 3 is 1.85 bits per heavy atom. The molecule has 4 rings (SSSR count). The molecule has 0 amide bonds. The molecule has 3 nitrogen and oxygen atoms in total. The second-order valence-electron chi connectivity index (χ2n) is 7.83. The zero-order chi connectivity index (χ0) is 18.5. The third-order valence-electron chi connectivity index (χ3n) is 5.93. The van der Waals surface area contributed by atoms with E-state index >= 15 is 0 Å². The Hall–Kier alpha value is -2.13. The van der Waals surface area contributed by atoms with Crippen molar-refractivity contribution in [1.29, 1.82) is 0 Å². The van der Waals surface area contributed by atoms with Crippen molar-refractivity contribution < 1.29 is 0 Å². The Bertz CT molecular complexity index is 893. The number of benzene rings is 2. The van der Waals surface area contributed by atoms with Crippen LogP contribution in [-0.2, 0) is 6.54 Å². The van der Waals surface area contributed by atoms with Gasteiger partial charge >= 0.3 is 0 Å². The molecule has 27 heavy (non-hydrogen) atoms. The van der Waals surface area contributed by atoms with E-state index in [-0.39, 0.29) is 5.43 Å². The summed E-state index contributed by atoms with van der Waals surface area (Å²) in [5.74, 6) is 0. The van der Waals surface area contributed by atoms with Crippen LogP contribution in [0.1, 0.15) is 44.9 Å². The summed E-state index contributed by atoms with van der Waals surface area (Å²) in [5.41, 5.74) is 2.28. The molecule has 1 fully saturated rings. The van der Waals surface area contributed by atoms with Gasteiger partial charge in [-0.3, -0.25) is 4.79 Å². The summed E-state index contributed by atoms with van der Waals surface area (Å²) in [6, 6.07) is 16.1. The molecule has 0 bridgehead atoms. The first-order chi connectivity index (χ1) is 13.3. The maximum atomic E-state index is 12.8. The lowest BCUT2D eigenvalue weighted by molar-refractivity contribution is 0.224. The topological polar surface area (TPSA) is 25.2 Å². The van der Waals surface area contributed by atoms with E-state index in [1.165, 1.54) is 58.2 Å². The molecule has 0 N–H and O–H groups in total. The summed E-state index contributed by atoms with van der Waals surface area (Å²) in [7, 11) is 0. The number of hydrogen-bond donors (Lipinski definition) is 0. The third kappa shape index (κ3) is 4.08. The van der Waals surface area contributed by atoms with Crippen molar-refractivity contribution in [2.24, 2.45) is 0 Å². The third-order valence-corrected chi connectivity index (χ3v) is 5.93. The number of pyridine rings is 1. The molecular weight excluding hydrogens is 332 g/mol. The molecule has 0 saturated carbocycles. The van der Waals surface area contributed by atoms with Crippen LogP contribution >= 0.6 is 0 Å². The highest BCUT2D eigenvalue weighted by atomic mass is 16.1. The van der Waals surface area contributed by atoms with Crippen LogP contribution in [0.5, 0.6) is 0 Å². The van der Waals surface area contributed by atoms with E-state index in [2.05, 4.69) is 21.6 Å². The second kappa shape index (κ2) is 8.71. The fraction of sp³-hybridized carbons (Fsp3) is 0.458. The van der Waals surface area contributed by atoms with Crippen molar-refractivity contribution in [3.8, 4) is 0 Å². The van der Waals surface area contributed by atoms with Gasteiger partial charge in [0.1, 0.15) is 0 Å².